The van der Waals surface area contributed by atoms with E-state index in [2.05, 4.69) is 43.7 Å². The lowest BCUT2D eigenvalue weighted by Crippen LogP contribution is -2.31. The predicted octanol–water partition coefficient (Wildman–Crippen LogP) is 3.78. The summed E-state index contributed by atoms with van der Waals surface area (Å²) in [6.45, 7) is 5.39. The average molecular weight is 426 g/mol. The Morgan fingerprint density at radius 2 is 2.23 bits per heavy atom. The van der Waals surface area contributed by atoms with Crippen LogP contribution in [0.15, 0.2) is 40.5 Å². The van der Waals surface area contributed by atoms with Crippen molar-refractivity contribution in [1.82, 2.24) is 25.3 Å². The number of thiophene rings is 1. The number of aromatic nitrogens is 3. The number of carbonyl (C=O) groups is 1. The second kappa shape index (κ2) is 9.95. The summed E-state index contributed by atoms with van der Waals surface area (Å²) in [6, 6.07) is 5.94. The third kappa shape index (κ3) is 5.31. The molecule has 1 N–H and O–H groups in total. The summed E-state index contributed by atoms with van der Waals surface area (Å²) in [4.78, 5) is 24.8. The molecule has 0 bridgehead atoms. The van der Waals surface area contributed by atoms with E-state index in [0.717, 1.165) is 44.5 Å². The summed E-state index contributed by atoms with van der Waals surface area (Å²) in [6.07, 6.45) is 6.75. The number of aryl methyl sites for hydroxylation is 1. The zero-order chi connectivity index (χ0) is 20.8. The van der Waals surface area contributed by atoms with Crippen molar-refractivity contribution in [1.29, 1.82) is 0 Å². The molecule has 1 saturated heterocycles. The summed E-state index contributed by atoms with van der Waals surface area (Å²) in [5, 5.41) is 9.32. The molecular weight excluding hydrogens is 398 g/mol. The van der Waals surface area contributed by atoms with Gasteiger partial charge in [0.05, 0.1) is 0 Å². The minimum absolute atomic E-state index is 0.102. The Morgan fingerprint density at radius 1 is 1.30 bits per heavy atom. The van der Waals surface area contributed by atoms with Gasteiger partial charge in [-0.25, -0.2) is 0 Å². The van der Waals surface area contributed by atoms with Crippen LogP contribution in [0.25, 0.3) is 11.4 Å². The molecule has 1 fully saturated rings. The SMILES string of the molecule is Cc1ccsc1CN1CCCC(c2nc(-c3cccnc3)no2)CCNC(=O)CC1. The second-order valence-electron chi connectivity index (χ2n) is 7.73. The zero-order valence-corrected chi connectivity index (χ0v) is 18.0. The number of nitrogens with zero attached hydrogens (tertiary/aromatic N) is 4. The Bertz CT molecular complexity index is 955. The molecule has 1 aliphatic heterocycles. The van der Waals surface area contributed by atoms with Gasteiger partial charge in [0.1, 0.15) is 0 Å². The number of hydrogen-bond donors (Lipinski definition) is 1. The minimum Gasteiger partial charge on any atom is -0.356 e. The van der Waals surface area contributed by atoms with Gasteiger partial charge in [-0.2, -0.15) is 4.98 Å². The van der Waals surface area contributed by atoms with E-state index >= 15 is 0 Å². The standard InChI is InChI=1S/C22H27N5O2S/c1-16-8-13-30-19(16)15-27-11-3-5-17(6-10-24-20(28)7-12-27)22-25-21(26-29-22)18-4-2-9-23-14-18/h2,4,8-9,13-14,17H,3,5-7,10-12,15H2,1H3,(H,24,28). The molecule has 30 heavy (non-hydrogen) atoms. The van der Waals surface area contributed by atoms with E-state index in [-0.39, 0.29) is 11.8 Å². The normalized spacial score (nSPS) is 19.2. The summed E-state index contributed by atoms with van der Waals surface area (Å²) in [5.74, 6) is 1.44. The number of carbonyl (C=O) groups excluding carboxylic acids is 1. The van der Waals surface area contributed by atoms with Crippen LogP contribution >= 0.6 is 11.3 Å². The van der Waals surface area contributed by atoms with Crippen LogP contribution in [0.4, 0.5) is 0 Å². The summed E-state index contributed by atoms with van der Waals surface area (Å²) in [7, 11) is 0. The van der Waals surface area contributed by atoms with Gasteiger partial charge < -0.3 is 9.84 Å². The zero-order valence-electron chi connectivity index (χ0n) is 17.2. The van der Waals surface area contributed by atoms with E-state index in [1.807, 2.05) is 12.1 Å². The highest BCUT2D eigenvalue weighted by molar-refractivity contribution is 7.10. The van der Waals surface area contributed by atoms with Crippen LogP contribution < -0.4 is 5.32 Å². The van der Waals surface area contributed by atoms with Crippen LogP contribution in [0.3, 0.4) is 0 Å². The second-order valence-corrected chi connectivity index (χ2v) is 8.73. The first-order valence-electron chi connectivity index (χ1n) is 10.4. The molecule has 0 aromatic carbocycles. The van der Waals surface area contributed by atoms with Crippen LogP contribution in [-0.4, -0.2) is 45.6 Å². The number of pyridine rings is 1. The number of rotatable bonds is 4. The average Bonchev–Trinajstić information content (AvgIpc) is 3.40. The first-order valence-corrected chi connectivity index (χ1v) is 11.3. The van der Waals surface area contributed by atoms with Gasteiger partial charge in [0.2, 0.25) is 17.6 Å². The fourth-order valence-corrected chi connectivity index (χ4v) is 4.69. The van der Waals surface area contributed by atoms with Crippen LogP contribution in [-0.2, 0) is 11.3 Å². The molecule has 7 nitrogen and oxygen atoms in total. The Morgan fingerprint density at radius 3 is 3.03 bits per heavy atom. The van der Waals surface area contributed by atoms with Crippen LogP contribution in [0.2, 0.25) is 0 Å². The molecule has 0 radical (unpaired) electrons. The quantitative estimate of drug-likeness (QED) is 0.685. The highest BCUT2D eigenvalue weighted by Crippen LogP contribution is 2.27. The minimum atomic E-state index is 0.102. The van der Waals surface area contributed by atoms with Crippen molar-refractivity contribution < 1.29 is 9.32 Å². The van der Waals surface area contributed by atoms with E-state index in [9.17, 15) is 4.79 Å². The monoisotopic (exact) mass is 425 g/mol. The highest BCUT2D eigenvalue weighted by Gasteiger charge is 2.22. The van der Waals surface area contributed by atoms with Crippen molar-refractivity contribution in [2.75, 3.05) is 19.6 Å². The van der Waals surface area contributed by atoms with Gasteiger partial charge in [0.25, 0.3) is 0 Å². The Labute approximate surface area is 180 Å². The van der Waals surface area contributed by atoms with Gasteiger partial charge in [-0.15, -0.1) is 11.3 Å². The summed E-state index contributed by atoms with van der Waals surface area (Å²) in [5.41, 5.74) is 2.17. The largest absolute Gasteiger partial charge is 0.356 e. The van der Waals surface area contributed by atoms with E-state index in [1.54, 1.807) is 23.7 Å². The van der Waals surface area contributed by atoms with Crippen molar-refractivity contribution >= 4 is 17.2 Å². The molecule has 0 spiro atoms. The van der Waals surface area contributed by atoms with Crippen molar-refractivity contribution in [3.8, 4) is 11.4 Å². The van der Waals surface area contributed by atoms with Gasteiger partial charge in [-0.3, -0.25) is 14.7 Å². The lowest BCUT2D eigenvalue weighted by molar-refractivity contribution is -0.121. The fraction of sp³-hybridized carbons (Fsp3) is 0.455. The molecular formula is C22H27N5O2S. The van der Waals surface area contributed by atoms with Gasteiger partial charge in [-0.1, -0.05) is 5.16 Å². The van der Waals surface area contributed by atoms with E-state index < -0.39 is 0 Å². The van der Waals surface area contributed by atoms with Crippen LogP contribution in [0.1, 0.15) is 47.9 Å². The highest BCUT2D eigenvalue weighted by atomic mass is 32.1. The van der Waals surface area contributed by atoms with Crippen molar-refractivity contribution in [3.05, 3.63) is 52.3 Å². The molecule has 3 aromatic heterocycles. The molecule has 1 aliphatic rings. The van der Waals surface area contributed by atoms with E-state index in [0.29, 0.717) is 24.7 Å². The van der Waals surface area contributed by atoms with E-state index in [1.165, 1.54) is 10.4 Å². The molecule has 0 aliphatic carbocycles. The third-order valence-electron chi connectivity index (χ3n) is 5.54. The molecule has 3 aromatic rings. The Hall–Kier alpha value is -2.58. The van der Waals surface area contributed by atoms with Gasteiger partial charge >= 0.3 is 0 Å². The molecule has 8 heteroatoms. The predicted molar refractivity (Wildman–Crippen MR) is 116 cm³/mol. The number of nitrogens with one attached hydrogen (secondary N) is 1. The molecule has 1 atom stereocenters. The lowest BCUT2D eigenvalue weighted by atomic mass is 9.99. The maximum atomic E-state index is 12.3. The molecule has 4 rings (SSSR count). The smallest absolute Gasteiger partial charge is 0.230 e. The lowest BCUT2D eigenvalue weighted by Gasteiger charge is -2.22. The fourth-order valence-electron chi connectivity index (χ4n) is 3.74. The number of amides is 1. The Kier molecular flexibility index (Phi) is 6.86. The number of hydrogen-bond acceptors (Lipinski definition) is 7. The van der Waals surface area contributed by atoms with Crippen molar-refractivity contribution in [3.63, 3.8) is 0 Å². The Balaban J connectivity index is 1.44. The van der Waals surface area contributed by atoms with E-state index in [4.69, 9.17) is 4.52 Å². The third-order valence-corrected chi connectivity index (χ3v) is 6.55. The molecule has 158 valence electrons. The molecule has 0 saturated carbocycles. The van der Waals surface area contributed by atoms with Crippen LogP contribution in [0, 0.1) is 6.92 Å². The van der Waals surface area contributed by atoms with Crippen molar-refractivity contribution in [2.45, 2.75) is 45.1 Å². The van der Waals surface area contributed by atoms with Gasteiger partial charge in [0.15, 0.2) is 0 Å². The molecule has 1 amide bonds. The summed E-state index contributed by atoms with van der Waals surface area (Å²) >= 11 is 1.79. The first kappa shape index (κ1) is 20.7. The molecule has 1 unspecified atom stereocenters. The molecule has 4 heterocycles. The van der Waals surface area contributed by atoms with Gasteiger partial charge in [0, 0.05) is 54.8 Å². The first-order chi connectivity index (χ1) is 14.7. The topological polar surface area (TPSA) is 84.2 Å². The summed E-state index contributed by atoms with van der Waals surface area (Å²) < 4.78 is 5.60. The van der Waals surface area contributed by atoms with Gasteiger partial charge in [-0.05, 0) is 61.9 Å². The van der Waals surface area contributed by atoms with Crippen molar-refractivity contribution in [2.24, 2.45) is 0 Å². The maximum absolute atomic E-state index is 12.3. The van der Waals surface area contributed by atoms with Crippen LogP contribution in [0.5, 0.6) is 0 Å². The maximum Gasteiger partial charge on any atom is 0.230 e.